The van der Waals surface area contributed by atoms with Crippen molar-refractivity contribution in [2.45, 2.75) is 25.4 Å². The van der Waals surface area contributed by atoms with Gasteiger partial charge in [0.05, 0.1) is 18.4 Å². The minimum Gasteiger partial charge on any atom is -0.481 e. The number of hydrogen-bond acceptors (Lipinski definition) is 9. The Hall–Kier alpha value is -5.92. The van der Waals surface area contributed by atoms with Gasteiger partial charge in [-0.2, -0.15) is 4.98 Å². The molecule has 42 heavy (non-hydrogen) atoms. The van der Waals surface area contributed by atoms with E-state index >= 15 is 0 Å². The molecule has 0 saturated carbocycles. The van der Waals surface area contributed by atoms with Crippen LogP contribution in [0.3, 0.4) is 0 Å². The molecule has 1 atom stereocenters. The molecule has 0 bridgehead atoms. The molecule has 0 spiro atoms. The van der Waals surface area contributed by atoms with Gasteiger partial charge in [0.1, 0.15) is 6.04 Å². The van der Waals surface area contributed by atoms with Gasteiger partial charge in [0.2, 0.25) is 5.95 Å². The second-order valence-corrected chi connectivity index (χ2v) is 9.00. The van der Waals surface area contributed by atoms with Crippen LogP contribution in [-0.2, 0) is 20.9 Å². The van der Waals surface area contributed by atoms with Gasteiger partial charge in [-0.3, -0.25) is 19.2 Å². The molecule has 2 amide bonds. The summed E-state index contributed by atoms with van der Waals surface area (Å²) in [5.41, 5.74) is 6.47. The molecule has 214 valence electrons. The van der Waals surface area contributed by atoms with Crippen molar-refractivity contribution in [3.63, 3.8) is 0 Å². The predicted octanol–water partition coefficient (Wildman–Crippen LogP) is 1.59. The lowest BCUT2D eigenvalue weighted by molar-refractivity contribution is -0.140. The molecule has 4 rings (SSSR count). The topological polar surface area (TPSA) is 222 Å². The number of carboxylic acid groups (broad SMARTS) is 2. The first-order valence-corrected chi connectivity index (χ1v) is 12.5. The molecule has 0 aliphatic carbocycles. The van der Waals surface area contributed by atoms with Gasteiger partial charge in [0.15, 0.2) is 11.2 Å². The van der Waals surface area contributed by atoms with E-state index < -0.39 is 41.8 Å². The maximum absolute atomic E-state index is 13.4. The van der Waals surface area contributed by atoms with E-state index in [1.807, 2.05) is 30.3 Å². The van der Waals surface area contributed by atoms with Crippen molar-refractivity contribution in [1.29, 1.82) is 0 Å². The Labute approximate surface area is 237 Å². The van der Waals surface area contributed by atoms with E-state index in [-0.39, 0.29) is 41.3 Å². The van der Waals surface area contributed by atoms with Gasteiger partial charge in [-0.15, -0.1) is 0 Å². The van der Waals surface area contributed by atoms with Crippen LogP contribution < -0.4 is 21.5 Å². The first kappa shape index (κ1) is 29.1. The summed E-state index contributed by atoms with van der Waals surface area (Å²) in [7, 11) is 0. The summed E-state index contributed by atoms with van der Waals surface area (Å²) in [6, 6.07) is 13.5. The number of anilines is 2. The van der Waals surface area contributed by atoms with Crippen molar-refractivity contribution < 1.29 is 29.4 Å². The molecule has 4 aromatic rings. The van der Waals surface area contributed by atoms with Crippen LogP contribution >= 0.6 is 0 Å². The lowest BCUT2D eigenvalue weighted by Crippen LogP contribution is -2.41. The van der Waals surface area contributed by atoms with Crippen LogP contribution in [0.1, 0.15) is 34.5 Å². The third kappa shape index (κ3) is 7.38. The summed E-state index contributed by atoms with van der Waals surface area (Å²) >= 11 is 0. The molecule has 0 fully saturated rings. The number of fused-ring (bicyclic) bond motifs is 1. The van der Waals surface area contributed by atoms with E-state index in [0.29, 0.717) is 5.69 Å². The number of nitrogens with two attached hydrogens (primary N) is 1. The van der Waals surface area contributed by atoms with Crippen LogP contribution in [0.2, 0.25) is 0 Å². The second kappa shape index (κ2) is 13.0. The Morgan fingerprint density at radius 1 is 1.02 bits per heavy atom. The minimum absolute atomic E-state index is 0.0585. The zero-order chi connectivity index (χ0) is 30.2. The fraction of sp³-hybridized carbons (Fsp3) is 0.143. The summed E-state index contributed by atoms with van der Waals surface area (Å²) in [5.74, 6) is -3.84. The molecule has 14 heteroatoms. The van der Waals surface area contributed by atoms with Crippen molar-refractivity contribution in [2.75, 3.05) is 10.6 Å². The highest BCUT2D eigenvalue weighted by Gasteiger charge is 2.22. The average Bonchev–Trinajstić information content (AvgIpc) is 2.97. The molecule has 0 radical (unpaired) electrons. The van der Waals surface area contributed by atoms with E-state index in [1.54, 1.807) is 6.08 Å². The van der Waals surface area contributed by atoms with Gasteiger partial charge in [-0.25, -0.2) is 14.8 Å². The summed E-state index contributed by atoms with van der Waals surface area (Å²) in [4.78, 5) is 76.7. The van der Waals surface area contributed by atoms with Gasteiger partial charge in [-0.1, -0.05) is 30.3 Å². The van der Waals surface area contributed by atoms with Gasteiger partial charge in [-0.05, 0) is 42.3 Å². The Kier molecular flexibility index (Phi) is 8.97. The number of aromatic amines is 1. The normalized spacial score (nSPS) is 11.7. The Balaban J connectivity index is 1.61. The summed E-state index contributed by atoms with van der Waals surface area (Å²) < 4.78 is 0. The standard InChI is InChI=1S/C28H25N7O7/c29-28-33-24-23(26(40)34-28)31-18(14-30-24)15-35(21(36)12-6-16-4-2-1-3-5-16)19-9-7-17(8-10-19)25(39)32-20(27(41)42)11-13-22(37)38/h1-10,12,14,20H,11,13,15H2,(H,32,39)(H,37,38)(H,41,42)(H3,29,30,33,34,40)/b12-6+/t20-/m0/s1. The minimum atomic E-state index is -1.39. The van der Waals surface area contributed by atoms with Crippen LogP contribution in [0.4, 0.5) is 11.6 Å². The number of aliphatic carboxylic acids is 2. The lowest BCUT2D eigenvalue weighted by Gasteiger charge is -2.21. The first-order chi connectivity index (χ1) is 20.1. The molecule has 2 aromatic carbocycles. The van der Waals surface area contributed by atoms with E-state index in [0.717, 1.165) is 5.56 Å². The largest absolute Gasteiger partial charge is 0.481 e. The van der Waals surface area contributed by atoms with Crippen molar-refractivity contribution in [3.05, 3.63) is 94.0 Å². The highest BCUT2D eigenvalue weighted by atomic mass is 16.4. The molecular formula is C28H25N7O7. The number of rotatable bonds is 11. The molecule has 6 N–H and O–H groups in total. The Morgan fingerprint density at radius 3 is 2.40 bits per heavy atom. The number of aromatic nitrogens is 4. The van der Waals surface area contributed by atoms with E-state index in [4.69, 9.17) is 10.8 Å². The summed E-state index contributed by atoms with van der Waals surface area (Å²) in [6.07, 6.45) is 3.64. The number of nitrogens with zero attached hydrogens (tertiary/aromatic N) is 4. The van der Waals surface area contributed by atoms with E-state index in [9.17, 15) is 29.1 Å². The van der Waals surface area contributed by atoms with Crippen molar-refractivity contribution >= 4 is 52.6 Å². The monoisotopic (exact) mass is 571 g/mol. The maximum atomic E-state index is 13.4. The van der Waals surface area contributed by atoms with Crippen LogP contribution in [-0.4, -0.2) is 59.9 Å². The molecule has 0 aliphatic rings. The number of carboxylic acids is 2. The number of carbonyl (C=O) groups excluding carboxylic acids is 2. The molecule has 0 saturated heterocycles. The van der Waals surface area contributed by atoms with Gasteiger partial charge < -0.3 is 31.1 Å². The molecular weight excluding hydrogens is 546 g/mol. The SMILES string of the molecule is Nc1nc(=O)c2nc(CN(C(=O)/C=C/c3ccccc3)c3ccc(C(=O)N[C@@H](CCC(=O)O)C(=O)O)cc3)cnc2[nH]1. The van der Waals surface area contributed by atoms with Crippen LogP contribution in [0.15, 0.2) is 71.7 Å². The highest BCUT2D eigenvalue weighted by Crippen LogP contribution is 2.20. The zero-order valence-corrected chi connectivity index (χ0v) is 21.9. The number of hydrogen-bond donors (Lipinski definition) is 5. The third-order valence-corrected chi connectivity index (χ3v) is 5.99. The number of amides is 2. The van der Waals surface area contributed by atoms with Crippen molar-refractivity contribution in [1.82, 2.24) is 25.3 Å². The number of nitrogen functional groups attached to an aromatic ring is 1. The second-order valence-electron chi connectivity index (χ2n) is 9.00. The van der Waals surface area contributed by atoms with Crippen LogP contribution in [0.25, 0.3) is 17.2 Å². The third-order valence-electron chi connectivity index (χ3n) is 5.99. The summed E-state index contributed by atoms with van der Waals surface area (Å²) in [6.45, 7) is -0.105. The van der Waals surface area contributed by atoms with Crippen LogP contribution in [0, 0.1) is 0 Å². The van der Waals surface area contributed by atoms with Crippen molar-refractivity contribution in [2.24, 2.45) is 0 Å². The zero-order valence-electron chi connectivity index (χ0n) is 21.9. The molecule has 14 nitrogen and oxygen atoms in total. The maximum Gasteiger partial charge on any atom is 0.326 e. The number of carbonyl (C=O) groups is 4. The Morgan fingerprint density at radius 2 is 1.74 bits per heavy atom. The number of H-pyrrole nitrogens is 1. The average molecular weight is 572 g/mol. The molecule has 2 heterocycles. The molecule has 2 aromatic heterocycles. The van der Waals surface area contributed by atoms with E-state index in [2.05, 4.69) is 25.3 Å². The van der Waals surface area contributed by atoms with E-state index in [1.165, 1.54) is 41.4 Å². The number of benzene rings is 2. The van der Waals surface area contributed by atoms with Gasteiger partial charge >= 0.3 is 17.5 Å². The molecule has 0 aliphatic heterocycles. The fourth-order valence-electron chi connectivity index (χ4n) is 3.89. The van der Waals surface area contributed by atoms with Gasteiger partial charge in [0.25, 0.3) is 11.8 Å². The van der Waals surface area contributed by atoms with Crippen LogP contribution in [0.5, 0.6) is 0 Å². The predicted molar refractivity (Wildman–Crippen MR) is 151 cm³/mol. The highest BCUT2D eigenvalue weighted by molar-refractivity contribution is 6.04. The smallest absolute Gasteiger partial charge is 0.326 e. The first-order valence-electron chi connectivity index (χ1n) is 12.5. The lowest BCUT2D eigenvalue weighted by atomic mass is 10.1. The fourth-order valence-corrected chi connectivity index (χ4v) is 3.89. The molecule has 0 unspecified atom stereocenters. The number of nitrogens with one attached hydrogen (secondary N) is 2. The van der Waals surface area contributed by atoms with Gasteiger partial charge in [0, 0.05) is 23.7 Å². The summed E-state index contributed by atoms with van der Waals surface area (Å²) in [5, 5.41) is 20.5. The van der Waals surface area contributed by atoms with Crippen molar-refractivity contribution in [3.8, 4) is 0 Å². The quantitative estimate of drug-likeness (QED) is 0.163. The Bertz CT molecular complexity index is 1720.